The van der Waals surface area contributed by atoms with E-state index in [0.29, 0.717) is 11.1 Å². The fraction of sp³-hybridized carbons (Fsp3) is 0.297. The van der Waals surface area contributed by atoms with Gasteiger partial charge in [0.05, 0.1) is 45.9 Å². The summed E-state index contributed by atoms with van der Waals surface area (Å²) in [6, 6.07) is 20.6. The molecular formula is C37H36ClN5O3S. The first-order valence-corrected chi connectivity index (χ1v) is 17.0. The Bertz CT molecular complexity index is 2110. The van der Waals surface area contributed by atoms with Crippen LogP contribution in [-0.2, 0) is 14.3 Å². The van der Waals surface area contributed by atoms with Gasteiger partial charge in [-0.25, -0.2) is 9.78 Å². The minimum Gasteiger partial charge on any atom is -0.464 e. The van der Waals surface area contributed by atoms with Crippen molar-refractivity contribution in [1.82, 2.24) is 25.1 Å². The Morgan fingerprint density at radius 3 is 2.53 bits per heavy atom. The number of aromatic nitrogens is 4. The van der Waals surface area contributed by atoms with E-state index >= 15 is 0 Å². The number of nitrogens with zero attached hydrogens (tertiary/aromatic N) is 4. The average molecular weight is 666 g/mol. The first-order valence-electron chi connectivity index (χ1n) is 15.8. The Morgan fingerprint density at radius 1 is 1.06 bits per heavy atom. The van der Waals surface area contributed by atoms with Gasteiger partial charge in [0.1, 0.15) is 5.01 Å². The van der Waals surface area contributed by atoms with Gasteiger partial charge in [0.15, 0.2) is 6.10 Å². The lowest BCUT2D eigenvalue weighted by Gasteiger charge is -2.29. The SMILES string of the molecule is CCOC(=O)[C@@H](OC(C)(C)C)c1c(C)cc2nc(-c3ccnc(-c4ccc5c(cnn5C5CNC5)c4)c3)sc2c1-c1ccc(Cl)cc1. The number of hydrogen-bond donors (Lipinski definition) is 1. The molecule has 1 aliphatic rings. The molecule has 1 atom stereocenters. The molecule has 0 spiro atoms. The lowest BCUT2D eigenvalue weighted by atomic mass is 9.91. The van der Waals surface area contributed by atoms with Gasteiger partial charge < -0.3 is 14.8 Å². The molecular weight excluding hydrogens is 630 g/mol. The Morgan fingerprint density at radius 2 is 1.83 bits per heavy atom. The number of rotatable bonds is 8. The summed E-state index contributed by atoms with van der Waals surface area (Å²) in [6.45, 7) is 11.8. The Kier molecular flexibility index (Phi) is 8.34. The standard InChI is InChI=1S/C37H36ClN5O3S/c1-6-45-36(44)33(46-37(3,4)5)31-21(2)15-29-34(32(31)22-7-10-26(38)11-8-22)47-35(42-29)24-13-14-40-28(17-24)23-9-12-30-25(16-23)18-41-43(30)27-19-39-20-27/h7-18,27,33,39H,6,19-20H2,1-5H3/t33-/m0/s1. The Hall–Kier alpha value is -4.15. The van der Waals surface area contributed by atoms with Crippen LogP contribution in [0.15, 0.2) is 73.1 Å². The van der Waals surface area contributed by atoms with Gasteiger partial charge in [0, 0.05) is 51.9 Å². The van der Waals surface area contributed by atoms with Crippen LogP contribution in [0.25, 0.3) is 54.1 Å². The minimum atomic E-state index is -0.928. The van der Waals surface area contributed by atoms with Crippen molar-refractivity contribution >= 4 is 50.0 Å². The molecule has 0 bridgehead atoms. The normalized spacial score (nSPS) is 14.4. The highest BCUT2D eigenvalue weighted by Crippen LogP contribution is 2.45. The Labute approximate surface area is 282 Å². The number of carbonyl (C=O) groups excluding carboxylic acids is 1. The summed E-state index contributed by atoms with van der Waals surface area (Å²) in [5.74, 6) is -0.421. The molecule has 1 N–H and O–H groups in total. The van der Waals surface area contributed by atoms with Crippen LogP contribution in [0, 0.1) is 6.92 Å². The molecule has 6 aromatic rings. The fourth-order valence-electron chi connectivity index (χ4n) is 6.04. The summed E-state index contributed by atoms with van der Waals surface area (Å²) in [5.41, 5.74) is 7.67. The molecule has 47 heavy (non-hydrogen) atoms. The highest BCUT2D eigenvalue weighted by Gasteiger charge is 2.33. The van der Waals surface area contributed by atoms with E-state index in [4.69, 9.17) is 31.0 Å². The summed E-state index contributed by atoms with van der Waals surface area (Å²) in [5, 5.41) is 10.5. The third kappa shape index (κ3) is 6.16. The summed E-state index contributed by atoms with van der Waals surface area (Å²) >= 11 is 7.90. The second-order valence-electron chi connectivity index (χ2n) is 12.8. The summed E-state index contributed by atoms with van der Waals surface area (Å²) < 4.78 is 15.0. The third-order valence-corrected chi connectivity index (χ3v) is 9.69. The van der Waals surface area contributed by atoms with E-state index in [1.54, 1.807) is 18.3 Å². The first-order chi connectivity index (χ1) is 22.6. The quantitative estimate of drug-likeness (QED) is 0.163. The highest BCUT2D eigenvalue weighted by molar-refractivity contribution is 7.22. The van der Waals surface area contributed by atoms with E-state index in [-0.39, 0.29) is 6.61 Å². The van der Waals surface area contributed by atoms with Crippen LogP contribution >= 0.6 is 22.9 Å². The van der Waals surface area contributed by atoms with Crippen molar-refractivity contribution in [2.75, 3.05) is 19.7 Å². The molecule has 0 aliphatic carbocycles. The molecule has 4 heterocycles. The molecule has 240 valence electrons. The second kappa shape index (κ2) is 12.5. The summed E-state index contributed by atoms with van der Waals surface area (Å²) in [6.07, 6.45) is 2.83. The van der Waals surface area contributed by atoms with Gasteiger partial charge in [0.2, 0.25) is 0 Å². The third-order valence-electron chi connectivity index (χ3n) is 8.30. The van der Waals surface area contributed by atoms with Crippen molar-refractivity contribution in [1.29, 1.82) is 0 Å². The molecule has 3 aromatic heterocycles. The number of benzene rings is 3. The minimum absolute atomic E-state index is 0.253. The van der Waals surface area contributed by atoms with Crippen molar-refractivity contribution in [3.05, 3.63) is 89.2 Å². The fourth-order valence-corrected chi connectivity index (χ4v) is 7.29. The zero-order valence-electron chi connectivity index (χ0n) is 27.0. The van der Waals surface area contributed by atoms with E-state index in [2.05, 4.69) is 39.4 Å². The highest BCUT2D eigenvalue weighted by atomic mass is 35.5. The molecule has 0 amide bonds. The van der Waals surface area contributed by atoms with Gasteiger partial charge >= 0.3 is 5.97 Å². The first kappa shape index (κ1) is 31.4. The van der Waals surface area contributed by atoms with Crippen LogP contribution in [0.2, 0.25) is 5.02 Å². The van der Waals surface area contributed by atoms with E-state index in [1.165, 1.54) is 0 Å². The number of pyridine rings is 1. The molecule has 0 radical (unpaired) electrons. The van der Waals surface area contributed by atoms with Crippen molar-refractivity contribution in [2.24, 2.45) is 0 Å². The second-order valence-corrected chi connectivity index (χ2v) is 14.3. The number of carbonyl (C=O) groups is 1. The van der Waals surface area contributed by atoms with Crippen LogP contribution in [-0.4, -0.2) is 51.0 Å². The van der Waals surface area contributed by atoms with Crippen molar-refractivity contribution in [2.45, 2.75) is 52.4 Å². The maximum atomic E-state index is 13.5. The summed E-state index contributed by atoms with van der Waals surface area (Å²) in [4.78, 5) is 23.3. The number of hydrogen-bond acceptors (Lipinski definition) is 8. The maximum Gasteiger partial charge on any atom is 0.339 e. The Balaban J connectivity index is 1.35. The largest absolute Gasteiger partial charge is 0.464 e. The van der Waals surface area contributed by atoms with Crippen LogP contribution < -0.4 is 5.32 Å². The van der Waals surface area contributed by atoms with E-state index in [1.807, 2.05) is 76.5 Å². The molecule has 7 rings (SSSR count). The van der Waals surface area contributed by atoms with Crippen LogP contribution in [0.1, 0.15) is 51.0 Å². The predicted octanol–water partition coefficient (Wildman–Crippen LogP) is 8.57. The zero-order chi connectivity index (χ0) is 32.9. The molecule has 0 saturated carbocycles. The zero-order valence-corrected chi connectivity index (χ0v) is 28.6. The van der Waals surface area contributed by atoms with E-state index in [9.17, 15) is 4.79 Å². The van der Waals surface area contributed by atoms with Gasteiger partial charge in [-0.3, -0.25) is 9.67 Å². The number of halogens is 1. The van der Waals surface area contributed by atoms with E-state index < -0.39 is 17.7 Å². The van der Waals surface area contributed by atoms with Crippen molar-refractivity contribution in [3.63, 3.8) is 0 Å². The molecule has 0 unspecified atom stereocenters. The average Bonchev–Trinajstić information content (AvgIpc) is 3.63. The predicted molar refractivity (Wildman–Crippen MR) is 189 cm³/mol. The van der Waals surface area contributed by atoms with Gasteiger partial charge in [-0.05, 0) is 88.2 Å². The monoisotopic (exact) mass is 665 g/mol. The number of nitrogens with one attached hydrogen (secondary N) is 1. The van der Waals surface area contributed by atoms with Crippen LogP contribution in [0.4, 0.5) is 0 Å². The summed E-state index contributed by atoms with van der Waals surface area (Å²) in [7, 11) is 0. The number of thiazole rings is 1. The molecule has 1 saturated heterocycles. The lowest BCUT2D eigenvalue weighted by Crippen LogP contribution is -2.43. The lowest BCUT2D eigenvalue weighted by molar-refractivity contribution is -0.166. The number of esters is 1. The number of aryl methyl sites for hydroxylation is 1. The smallest absolute Gasteiger partial charge is 0.339 e. The number of ether oxygens (including phenoxy) is 2. The number of fused-ring (bicyclic) bond motifs is 2. The van der Waals surface area contributed by atoms with Gasteiger partial charge in [-0.1, -0.05) is 29.8 Å². The van der Waals surface area contributed by atoms with Gasteiger partial charge in [-0.15, -0.1) is 11.3 Å². The van der Waals surface area contributed by atoms with Crippen molar-refractivity contribution < 1.29 is 14.3 Å². The molecule has 1 fully saturated rings. The van der Waals surface area contributed by atoms with Crippen LogP contribution in [0.3, 0.4) is 0 Å². The van der Waals surface area contributed by atoms with Crippen LogP contribution in [0.5, 0.6) is 0 Å². The maximum absolute atomic E-state index is 13.5. The molecule has 3 aromatic carbocycles. The van der Waals surface area contributed by atoms with Crippen molar-refractivity contribution in [3.8, 4) is 33.0 Å². The van der Waals surface area contributed by atoms with Gasteiger partial charge in [0.25, 0.3) is 0 Å². The molecule has 1 aliphatic heterocycles. The molecule has 8 nitrogen and oxygen atoms in total. The molecule has 10 heteroatoms. The topological polar surface area (TPSA) is 91.2 Å². The van der Waals surface area contributed by atoms with Gasteiger partial charge in [-0.2, -0.15) is 5.10 Å². The van der Waals surface area contributed by atoms with E-state index in [0.717, 1.165) is 78.3 Å².